The zero-order valence-corrected chi connectivity index (χ0v) is 4.82. The normalized spacial score (nSPS) is 10.0. The first-order chi connectivity index (χ1) is 2.56. The molecule has 0 aliphatic carbocycles. The summed E-state index contributed by atoms with van der Waals surface area (Å²) < 4.78 is 28.8. The van der Waals surface area contributed by atoms with E-state index in [1.54, 1.807) is 0 Å². The largest absolute Gasteiger partial charge is 2.00 e. The molecule has 1 radical (unpaired) electrons. The quantitative estimate of drug-likeness (QED) is 0.144. The molecule has 0 aromatic heterocycles. The van der Waals surface area contributed by atoms with Gasteiger partial charge in [-0.3, -0.25) is 0 Å². The van der Waals surface area contributed by atoms with Crippen molar-refractivity contribution in [2.75, 3.05) is 0 Å². The summed E-state index contributed by atoms with van der Waals surface area (Å²) in [5.41, 5.74) is 0. The second-order valence-electron chi connectivity index (χ2n) is 0.476. The molecule has 0 atom stereocenters. The molecule has 0 N–H and O–H groups in total. The Morgan fingerprint density at radius 3 is 1.57 bits per heavy atom. The molecule has 0 aliphatic rings. The summed E-state index contributed by atoms with van der Waals surface area (Å²) in [6.45, 7) is 0. The summed E-state index contributed by atoms with van der Waals surface area (Å²) in [5.74, 6) is 0. The van der Waals surface area contributed by atoms with Crippen molar-refractivity contribution >= 4 is 10.4 Å². The van der Waals surface area contributed by atoms with Crippen LogP contribution in [0.3, 0.4) is 0 Å². The Morgan fingerprint density at radius 2 is 1.57 bits per heavy atom. The van der Waals surface area contributed by atoms with Gasteiger partial charge >= 0.3 is 17.1 Å². The minimum Gasteiger partial charge on any atom is -0.726 e. The SMILES string of the molecule is O=S(=O)([O-])O[O-].[Mn+2]. The van der Waals surface area contributed by atoms with Crippen LogP contribution in [0, 0.1) is 0 Å². The van der Waals surface area contributed by atoms with Crippen molar-refractivity contribution in [3.05, 3.63) is 0 Å². The second kappa shape index (κ2) is 3.36. The molecule has 0 spiro atoms. The monoisotopic (exact) mass is 167 g/mol. The fraction of sp³-hybridized carbons (Fsp3) is 0. The molecule has 0 heterocycles. The van der Waals surface area contributed by atoms with Crippen molar-refractivity contribution in [3.8, 4) is 0 Å². The van der Waals surface area contributed by atoms with E-state index < -0.39 is 10.4 Å². The molecule has 0 fully saturated rings. The third-order valence-corrected chi connectivity index (χ3v) is 0.250. The van der Waals surface area contributed by atoms with Crippen LogP contribution in [-0.2, 0) is 31.8 Å². The van der Waals surface area contributed by atoms with Gasteiger partial charge in [0.05, 0.1) is 0 Å². The van der Waals surface area contributed by atoms with Crippen molar-refractivity contribution in [2.24, 2.45) is 0 Å². The Bertz CT molecular complexity index is 110. The zero-order chi connectivity index (χ0) is 5.21. The van der Waals surface area contributed by atoms with Gasteiger partial charge in [0.25, 0.3) is 0 Å². The maximum Gasteiger partial charge on any atom is 2.00 e. The maximum atomic E-state index is 8.91. The molecule has 0 saturated carbocycles. The van der Waals surface area contributed by atoms with Crippen LogP contribution in [0.25, 0.3) is 0 Å². The van der Waals surface area contributed by atoms with Gasteiger partial charge < -0.3 is 14.1 Å². The van der Waals surface area contributed by atoms with Crippen molar-refractivity contribution in [2.45, 2.75) is 0 Å². The minimum atomic E-state index is -4.97. The van der Waals surface area contributed by atoms with Gasteiger partial charge in [-0.05, 0) is 0 Å². The van der Waals surface area contributed by atoms with E-state index in [-0.39, 0.29) is 17.1 Å². The Kier molecular flexibility index (Phi) is 4.98. The van der Waals surface area contributed by atoms with Crippen LogP contribution in [0.2, 0.25) is 0 Å². The summed E-state index contributed by atoms with van der Waals surface area (Å²) in [4.78, 5) is 0. The second-order valence-corrected chi connectivity index (χ2v) is 1.43. The molecular formula is MnO5S. The number of rotatable bonds is 1. The van der Waals surface area contributed by atoms with Gasteiger partial charge in [0.2, 0.25) is 10.4 Å². The predicted octanol–water partition coefficient (Wildman–Crippen LogP) is -2.26. The summed E-state index contributed by atoms with van der Waals surface area (Å²) in [7, 11) is -4.97. The van der Waals surface area contributed by atoms with Crippen LogP contribution in [0.15, 0.2) is 0 Å². The van der Waals surface area contributed by atoms with Crippen molar-refractivity contribution in [3.63, 3.8) is 0 Å². The van der Waals surface area contributed by atoms with Gasteiger partial charge in [0, 0.05) is 0 Å². The van der Waals surface area contributed by atoms with E-state index in [4.69, 9.17) is 18.2 Å². The standard InChI is InChI=1S/Mn.H2O5S/c;1-5-6(2,3)4/h;1H,(H,2,3,4)/q+2;/p-2. The van der Waals surface area contributed by atoms with E-state index in [1.807, 2.05) is 0 Å². The van der Waals surface area contributed by atoms with Crippen molar-refractivity contribution < 1.29 is 39.6 Å². The average molecular weight is 167 g/mol. The molecule has 0 rings (SSSR count). The van der Waals surface area contributed by atoms with E-state index in [2.05, 4.69) is 4.33 Å². The molecule has 0 amide bonds. The van der Waals surface area contributed by atoms with Crippen LogP contribution in [0.5, 0.6) is 0 Å². The average Bonchev–Trinajstić information content (AvgIpc) is 1.35. The molecule has 7 heteroatoms. The van der Waals surface area contributed by atoms with Crippen LogP contribution in [-0.4, -0.2) is 13.0 Å². The molecule has 0 aromatic rings. The molecule has 0 aromatic carbocycles. The first-order valence-corrected chi connectivity index (χ1v) is 2.17. The molecule has 0 aliphatic heterocycles. The Labute approximate surface area is 50.6 Å². The van der Waals surface area contributed by atoms with E-state index in [9.17, 15) is 0 Å². The van der Waals surface area contributed by atoms with Crippen molar-refractivity contribution in [1.82, 2.24) is 0 Å². The van der Waals surface area contributed by atoms with Gasteiger partial charge in [-0.25, -0.2) is 8.42 Å². The van der Waals surface area contributed by atoms with Gasteiger partial charge in [-0.2, -0.15) is 0 Å². The maximum absolute atomic E-state index is 8.91. The first-order valence-electron chi connectivity index (χ1n) is 0.833. The topological polar surface area (TPSA) is 89.5 Å². The molecule has 0 bridgehead atoms. The Hall–Kier alpha value is 0.349. The van der Waals surface area contributed by atoms with Gasteiger partial charge in [0.1, 0.15) is 0 Å². The molecular weight excluding hydrogens is 167 g/mol. The molecule has 43 valence electrons. The first kappa shape index (κ1) is 10.4. The smallest absolute Gasteiger partial charge is 0.726 e. The van der Waals surface area contributed by atoms with Crippen LogP contribution >= 0.6 is 0 Å². The summed E-state index contributed by atoms with van der Waals surface area (Å²) in [5, 5.41) is 8.55. The Balaban J connectivity index is 0. The zero-order valence-electron chi connectivity index (χ0n) is 2.83. The summed E-state index contributed by atoms with van der Waals surface area (Å²) >= 11 is 0. The van der Waals surface area contributed by atoms with E-state index in [0.717, 1.165) is 0 Å². The fourth-order valence-corrected chi connectivity index (χ4v) is 0. The van der Waals surface area contributed by atoms with Gasteiger partial charge in [-0.15, -0.1) is 0 Å². The van der Waals surface area contributed by atoms with Crippen molar-refractivity contribution in [1.29, 1.82) is 0 Å². The Morgan fingerprint density at radius 1 is 1.43 bits per heavy atom. The number of hydrogen-bond acceptors (Lipinski definition) is 5. The van der Waals surface area contributed by atoms with Gasteiger partial charge in [-0.1, -0.05) is 0 Å². The molecule has 0 saturated heterocycles. The third-order valence-electron chi connectivity index (χ3n) is 0.0833. The minimum absolute atomic E-state index is 0. The van der Waals surface area contributed by atoms with E-state index in [0.29, 0.717) is 0 Å². The van der Waals surface area contributed by atoms with Crippen LogP contribution < -0.4 is 5.26 Å². The van der Waals surface area contributed by atoms with E-state index in [1.165, 1.54) is 0 Å². The fourth-order valence-electron chi connectivity index (χ4n) is 0. The van der Waals surface area contributed by atoms with Gasteiger partial charge in [0.15, 0.2) is 0 Å². The molecule has 0 unspecified atom stereocenters. The van der Waals surface area contributed by atoms with E-state index >= 15 is 0 Å². The predicted molar refractivity (Wildman–Crippen MR) is 10.8 cm³/mol. The molecule has 5 nitrogen and oxygen atoms in total. The molecule has 7 heavy (non-hydrogen) atoms. The number of hydrogen-bond donors (Lipinski definition) is 0. The summed E-state index contributed by atoms with van der Waals surface area (Å²) in [6.07, 6.45) is 0. The summed E-state index contributed by atoms with van der Waals surface area (Å²) in [6, 6.07) is 0. The van der Waals surface area contributed by atoms with Crippen LogP contribution in [0.4, 0.5) is 0 Å². The van der Waals surface area contributed by atoms with Crippen LogP contribution in [0.1, 0.15) is 0 Å². The third kappa shape index (κ3) is 10.7.